The number of hydrazone groups is 1. The van der Waals surface area contributed by atoms with Crippen LogP contribution in [0.5, 0.6) is 5.75 Å². The van der Waals surface area contributed by atoms with Crippen molar-refractivity contribution in [2.24, 2.45) is 5.10 Å². The number of carbonyl (C=O) groups excluding carboxylic acids is 1. The maximum absolute atomic E-state index is 12.1. The lowest BCUT2D eigenvalue weighted by atomic mass is 10.1. The molecule has 0 aliphatic carbocycles. The highest BCUT2D eigenvalue weighted by Gasteiger charge is 2.14. The molecule has 0 N–H and O–H groups in total. The van der Waals surface area contributed by atoms with Crippen molar-refractivity contribution in [3.8, 4) is 5.75 Å². The van der Waals surface area contributed by atoms with E-state index in [2.05, 4.69) is 5.10 Å². The van der Waals surface area contributed by atoms with Gasteiger partial charge in [0.05, 0.1) is 12.8 Å². The van der Waals surface area contributed by atoms with E-state index >= 15 is 0 Å². The highest BCUT2D eigenvalue weighted by molar-refractivity contribution is 6.44. The number of carbonyl (C=O) groups is 1. The summed E-state index contributed by atoms with van der Waals surface area (Å²) in [6.45, 7) is 0. The third-order valence-electron chi connectivity index (χ3n) is 2.91. The van der Waals surface area contributed by atoms with Crippen molar-refractivity contribution in [3.05, 3.63) is 48.8 Å². The number of rotatable bonds is 5. The Kier molecular flexibility index (Phi) is 4.77. The van der Waals surface area contributed by atoms with Gasteiger partial charge in [0.1, 0.15) is 11.5 Å². The van der Waals surface area contributed by atoms with Gasteiger partial charge in [-0.05, 0) is 12.1 Å². The number of allylic oxidation sites excluding steroid dienone is 2. The Morgan fingerprint density at radius 1 is 1.43 bits per heavy atom. The largest absolute Gasteiger partial charge is 0.497 e. The Balaban J connectivity index is 2.19. The minimum atomic E-state index is -0.0825. The van der Waals surface area contributed by atoms with Gasteiger partial charge in [-0.15, -0.1) is 0 Å². The normalized spacial score (nSPS) is 14.2. The van der Waals surface area contributed by atoms with E-state index in [1.54, 1.807) is 18.3 Å². The molecule has 1 aromatic rings. The van der Waals surface area contributed by atoms with Gasteiger partial charge in [-0.25, -0.2) is 5.01 Å². The molecule has 1 heterocycles. The van der Waals surface area contributed by atoms with Crippen molar-refractivity contribution >= 4 is 17.2 Å². The zero-order chi connectivity index (χ0) is 15.2. The first kappa shape index (κ1) is 14.8. The predicted octanol–water partition coefficient (Wildman–Crippen LogP) is 2.42. The molecule has 0 radical (unpaired) electrons. The second-order valence-corrected chi connectivity index (χ2v) is 4.83. The summed E-state index contributed by atoms with van der Waals surface area (Å²) >= 11 is 0. The molecule has 0 amide bonds. The van der Waals surface area contributed by atoms with Crippen LogP contribution in [-0.4, -0.2) is 37.6 Å². The second kappa shape index (κ2) is 6.74. The molecule has 1 aliphatic heterocycles. The number of ketones is 1. The van der Waals surface area contributed by atoms with Crippen molar-refractivity contribution in [1.82, 2.24) is 4.90 Å². The molecule has 1 aliphatic rings. The van der Waals surface area contributed by atoms with Gasteiger partial charge in [-0.1, -0.05) is 12.1 Å². The van der Waals surface area contributed by atoms with Gasteiger partial charge < -0.3 is 9.64 Å². The number of benzene rings is 1. The summed E-state index contributed by atoms with van der Waals surface area (Å²) in [4.78, 5) is 13.9. The number of hydrogen-bond donors (Lipinski definition) is 0. The van der Waals surface area contributed by atoms with Crippen LogP contribution in [-0.2, 0) is 4.79 Å². The highest BCUT2D eigenvalue weighted by atomic mass is 16.5. The molecule has 110 valence electrons. The van der Waals surface area contributed by atoms with E-state index in [1.807, 2.05) is 55.5 Å². The van der Waals surface area contributed by atoms with E-state index in [1.165, 1.54) is 6.08 Å². The number of anilines is 1. The van der Waals surface area contributed by atoms with Crippen LogP contribution in [0.2, 0.25) is 0 Å². The molecule has 2 rings (SSSR count). The molecule has 5 nitrogen and oxygen atoms in total. The summed E-state index contributed by atoms with van der Waals surface area (Å²) in [5.41, 5.74) is 1.37. The molecule has 0 saturated heterocycles. The lowest BCUT2D eigenvalue weighted by molar-refractivity contribution is -0.109. The Hall–Kier alpha value is -2.56. The van der Waals surface area contributed by atoms with Gasteiger partial charge in [0.15, 0.2) is 0 Å². The highest BCUT2D eigenvalue weighted by Crippen LogP contribution is 2.23. The van der Waals surface area contributed by atoms with Crippen LogP contribution in [0.3, 0.4) is 0 Å². The third-order valence-corrected chi connectivity index (χ3v) is 2.91. The zero-order valence-corrected chi connectivity index (χ0v) is 12.5. The molecule has 0 fully saturated rings. The first-order valence-electron chi connectivity index (χ1n) is 6.66. The van der Waals surface area contributed by atoms with Crippen LogP contribution in [0.25, 0.3) is 0 Å². The fourth-order valence-electron chi connectivity index (χ4n) is 1.83. The minimum absolute atomic E-state index is 0.0825. The fourth-order valence-corrected chi connectivity index (χ4v) is 1.83. The lowest BCUT2D eigenvalue weighted by Crippen LogP contribution is -2.21. The predicted molar refractivity (Wildman–Crippen MR) is 84.5 cm³/mol. The quantitative estimate of drug-likeness (QED) is 0.779. The summed E-state index contributed by atoms with van der Waals surface area (Å²) in [5.74, 6) is 0.669. The third kappa shape index (κ3) is 3.95. The second-order valence-electron chi connectivity index (χ2n) is 4.83. The van der Waals surface area contributed by atoms with Crippen LogP contribution < -0.4 is 9.75 Å². The monoisotopic (exact) mass is 285 g/mol. The number of ether oxygens (including phenoxy) is 1. The summed E-state index contributed by atoms with van der Waals surface area (Å²) in [6.07, 6.45) is 7.56. The van der Waals surface area contributed by atoms with E-state index in [4.69, 9.17) is 4.74 Å². The molecular formula is C16H19N3O2. The van der Waals surface area contributed by atoms with Gasteiger partial charge in [0.2, 0.25) is 5.78 Å². The van der Waals surface area contributed by atoms with Gasteiger partial charge in [-0.3, -0.25) is 4.79 Å². The molecule has 0 saturated carbocycles. The molecule has 21 heavy (non-hydrogen) atoms. The topological polar surface area (TPSA) is 45.1 Å². The van der Waals surface area contributed by atoms with E-state index in [0.717, 1.165) is 11.4 Å². The van der Waals surface area contributed by atoms with E-state index in [0.29, 0.717) is 12.1 Å². The van der Waals surface area contributed by atoms with E-state index < -0.39 is 0 Å². The Labute approximate surface area is 124 Å². The van der Waals surface area contributed by atoms with E-state index in [9.17, 15) is 4.79 Å². The minimum Gasteiger partial charge on any atom is -0.497 e. The molecule has 0 spiro atoms. The Bertz CT molecular complexity index is 603. The van der Waals surface area contributed by atoms with Crippen LogP contribution in [0.15, 0.2) is 53.9 Å². The molecule has 0 unspecified atom stereocenters. The van der Waals surface area contributed by atoms with Crippen molar-refractivity contribution in [3.63, 3.8) is 0 Å². The van der Waals surface area contributed by atoms with Gasteiger partial charge >= 0.3 is 0 Å². The average Bonchev–Trinajstić information content (AvgIpc) is 2.52. The Morgan fingerprint density at radius 2 is 2.24 bits per heavy atom. The average molecular weight is 285 g/mol. The zero-order valence-electron chi connectivity index (χ0n) is 12.5. The summed E-state index contributed by atoms with van der Waals surface area (Å²) < 4.78 is 5.20. The van der Waals surface area contributed by atoms with Gasteiger partial charge in [0, 0.05) is 45.1 Å². The van der Waals surface area contributed by atoms with Crippen molar-refractivity contribution < 1.29 is 9.53 Å². The van der Waals surface area contributed by atoms with Crippen LogP contribution >= 0.6 is 0 Å². The fraction of sp³-hybridized carbons (Fsp3) is 0.250. The number of hydrogen-bond acceptors (Lipinski definition) is 5. The van der Waals surface area contributed by atoms with Crippen LogP contribution in [0, 0.1) is 0 Å². The SMILES string of the molecule is COc1cccc(N2C=CCC(C(=O)C=CN(C)C)=N2)c1. The van der Waals surface area contributed by atoms with Gasteiger partial charge in [-0.2, -0.15) is 5.10 Å². The maximum Gasteiger partial charge on any atom is 0.203 e. The number of methoxy groups -OCH3 is 1. The summed E-state index contributed by atoms with van der Waals surface area (Å²) in [6, 6.07) is 7.54. The molecule has 5 heteroatoms. The lowest BCUT2D eigenvalue weighted by Gasteiger charge is -2.19. The van der Waals surface area contributed by atoms with Crippen LogP contribution in [0.1, 0.15) is 6.42 Å². The molecule has 1 aromatic carbocycles. The Morgan fingerprint density at radius 3 is 2.95 bits per heavy atom. The van der Waals surface area contributed by atoms with Gasteiger partial charge in [0.25, 0.3) is 0 Å². The van der Waals surface area contributed by atoms with Crippen molar-refractivity contribution in [2.75, 3.05) is 26.2 Å². The molecule has 0 bridgehead atoms. The van der Waals surface area contributed by atoms with Crippen LogP contribution in [0.4, 0.5) is 5.69 Å². The maximum atomic E-state index is 12.1. The summed E-state index contributed by atoms with van der Waals surface area (Å²) in [7, 11) is 5.36. The first-order valence-corrected chi connectivity index (χ1v) is 6.66. The first-order chi connectivity index (χ1) is 10.1. The standard InChI is InChI=1S/C16H19N3O2/c1-18(2)11-9-16(20)15-8-5-10-19(17-15)13-6-4-7-14(12-13)21-3/h4-7,9-12H,8H2,1-3H3. The smallest absolute Gasteiger partial charge is 0.203 e. The molecular weight excluding hydrogens is 266 g/mol. The van der Waals surface area contributed by atoms with Crippen molar-refractivity contribution in [1.29, 1.82) is 0 Å². The van der Waals surface area contributed by atoms with E-state index in [-0.39, 0.29) is 5.78 Å². The molecule has 0 aromatic heterocycles. The van der Waals surface area contributed by atoms with Crippen molar-refractivity contribution in [2.45, 2.75) is 6.42 Å². The summed E-state index contributed by atoms with van der Waals surface area (Å²) in [5, 5.41) is 6.08. The molecule has 0 atom stereocenters. The number of nitrogens with zero attached hydrogens (tertiary/aromatic N) is 3.